The van der Waals surface area contributed by atoms with Gasteiger partial charge in [0.1, 0.15) is 0 Å². The monoisotopic (exact) mass is 274 g/mol. The van der Waals surface area contributed by atoms with Crippen LogP contribution in [0.5, 0.6) is 0 Å². The van der Waals surface area contributed by atoms with Gasteiger partial charge in [-0.1, -0.05) is 38.5 Å². The smallest absolute Gasteiger partial charge is 0.0507 e. The minimum Gasteiger partial charge on any atom is -0.271 e. The predicted molar refractivity (Wildman–Crippen MR) is 83.0 cm³/mol. The molecule has 0 amide bonds. The number of hydrogen-bond donors (Lipinski definition) is 2. The predicted octanol–water partition coefficient (Wildman–Crippen LogP) is 4.23. The Morgan fingerprint density at radius 2 is 2.21 bits per heavy atom. The maximum absolute atomic E-state index is 5.92. The Hall–Kier alpha value is -0.900. The average molecular weight is 274 g/mol. The molecule has 1 saturated carbocycles. The first-order chi connectivity index (χ1) is 9.13. The van der Waals surface area contributed by atoms with E-state index in [0.717, 1.165) is 0 Å². The highest BCUT2D eigenvalue weighted by molar-refractivity contribution is 7.17. The van der Waals surface area contributed by atoms with Crippen LogP contribution in [0.2, 0.25) is 0 Å². The summed E-state index contributed by atoms with van der Waals surface area (Å²) in [5, 5.41) is 3.50. The summed E-state index contributed by atoms with van der Waals surface area (Å²) in [4.78, 5) is 0. The highest BCUT2D eigenvalue weighted by atomic mass is 32.1. The molecule has 1 heterocycles. The van der Waals surface area contributed by atoms with Gasteiger partial charge in [0.05, 0.1) is 6.04 Å². The van der Waals surface area contributed by atoms with Gasteiger partial charge in [0.15, 0.2) is 0 Å². The number of benzene rings is 1. The molecule has 2 atom stereocenters. The van der Waals surface area contributed by atoms with Crippen molar-refractivity contribution in [3.8, 4) is 0 Å². The highest BCUT2D eigenvalue weighted by Gasteiger charge is 2.40. The van der Waals surface area contributed by atoms with Gasteiger partial charge in [-0.3, -0.25) is 11.3 Å². The van der Waals surface area contributed by atoms with Crippen LogP contribution in [0.15, 0.2) is 29.6 Å². The second kappa shape index (κ2) is 4.89. The van der Waals surface area contributed by atoms with E-state index in [-0.39, 0.29) is 6.04 Å². The number of thiophene rings is 1. The van der Waals surface area contributed by atoms with Crippen LogP contribution in [0.1, 0.15) is 44.7 Å². The number of nitrogens with one attached hydrogen (secondary N) is 1. The largest absolute Gasteiger partial charge is 0.271 e. The fourth-order valence-electron chi connectivity index (χ4n) is 3.66. The van der Waals surface area contributed by atoms with Crippen molar-refractivity contribution in [3.63, 3.8) is 0 Å². The standard InChI is InChI=1S/C16H22N2S/c1-16(2)9-4-7-13(16)14(18-17)12-6-3-5-11-8-10-19-15(11)12/h3,5-6,8,10,13-14,18H,4,7,9,17H2,1-2H3. The van der Waals surface area contributed by atoms with Crippen molar-refractivity contribution >= 4 is 21.4 Å². The van der Waals surface area contributed by atoms with Gasteiger partial charge in [0.25, 0.3) is 0 Å². The molecule has 0 radical (unpaired) electrons. The summed E-state index contributed by atoms with van der Waals surface area (Å²) in [5.41, 5.74) is 4.85. The van der Waals surface area contributed by atoms with Crippen molar-refractivity contribution in [2.24, 2.45) is 17.2 Å². The molecule has 1 aliphatic rings. The van der Waals surface area contributed by atoms with Crippen LogP contribution in [0.3, 0.4) is 0 Å². The Bertz CT molecular complexity index is 573. The molecular formula is C16H22N2S. The zero-order chi connectivity index (χ0) is 13.5. The molecule has 1 aromatic heterocycles. The van der Waals surface area contributed by atoms with Crippen molar-refractivity contribution in [1.29, 1.82) is 0 Å². The molecule has 0 bridgehead atoms. The number of hydrogen-bond acceptors (Lipinski definition) is 3. The molecule has 2 nitrogen and oxygen atoms in total. The zero-order valence-corrected chi connectivity index (χ0v) is 12.5. The molecule has 0 saturated heterocycles. The fourth-order valence-corrected chi connectivity index (χ4v) is 4.61. The molecule has 2 aromatic rings. The molecule has 102 valence electrons. The van der Waals surface area contributed by atoms with Crippen LogP contribution in [-0.4, -0.2) is 0 Å². The number of nitrogens with two attached hydrogens (primary N) is 1. The Kier molecular flexibility index (Phi) is 3.37. The Morgan fingerprint density at radius 1 is 1.37 bits per heavy atom. The zero-order valence-electron chi connectivity index (χ0n) is 11.6. The SMILES string of the molecule is CC1(C)CCCC1C(NN)c1cccc2ccsc12. The summed E-state index contributed by atoms with van der Waals surface area (Å²) < 4.78 is 1.38. The molecule has 1 aliphatic carbocycles. The number of rotatable bonds is 3. The third-order valence-corrected chi connectivity index (χ3v) is 5.75. The van der Waals surface area contributed by atoms with Crippen LogP contribution >= 0.6 is 11.3 Å². The molecular weight excluding hydrogens is 252 g/mol. The van der Waals surface area contributed by atoms with Gasteiger partial charge in [-0.2, -0.15) is 0 Å². The lowest BCUT2D eigenvalue weighted by Gasteiger charge is -2.34. The van der Waals surface area contributed by atoms with Crippen molar-refractivity contribution < 1.29 is 0 Å². The summed E-state index contributed by atoms with van der Waals surface area (Å²) in [6.07, 6.45) is 3.89. The summed E-state index contributed by atoms with van der Waals surface area (Å²) in [6.45, 7) is 4.76. The fraction of sp³-hybridized carbons (Fsp3) is 0.500. The summed E-state index contributed by atoms with van der Waals surface area (Å²) >= 11 is 1.82. The maximum Gasteiger partial charge on any atom is 0.0507 e. The van der Waals surface area contributed by atoms with E-state index in [9.17, 15) is 0 Å². The van der Waals surface area contributed by atoms with Gasteiger partial charge in [-0.25, -0.2) is 0 Å². The lowest BCUT2D eigenvalue weighted by Crippen LogP contribution is -2.37. The Morgan fingerprint density at radius 3 is 2.89 bits per heavy atom. The summed E-state index contributed by atoms with van der Waals surface area (Å²) in [5.74, 6) is 6.54. The molecule has 2 unspecified atom stereocenters. The molecule has 3 N–H and O–H groups in total. The van der Waals surface area contributed by atoms with Crippen molar-refractivity contribution in [2.75, 3.05) is 0 Å². The molecule has 1 fully saturated rings. The molecule has 0 aliphatic heterocycles. The first-order valence-electron chi connectivity index (χ1n) is 7.06. The van der Waals surface area contributed by atoms with Crippen LogP contribution in [-0.2, 0) is 0 Å². The van der Waals surface area contributed by atoms with Gasteiger partial charge < -0.3 is 0 Å². The quantitative estimate of drug-likeness (QED) is 0.649. The van der Waals surface area contributed by atoms with E-state index in [0.29, 0.717) is 11.3 Å². The van der Waals surface area contributed by atoms with E-state index in [1.54, 1.807) is 0 Å². The third kappa shape index (κ3) is 2.20. The van der Waals surface area contributed by atoms with E-state index >= 15 is 0 Å². The van der Waals surface area contributed by atoms with Crippen molar-refractivity contribution in [1.82, 2.24) is 5.43 Å². The average Bonchev–Trinajstić information content (AvgIpc) is 2.98. The van der Waals surface area contributed by atoms with Gasteiger partial charge in [-0.15, -0.1) is 11.3 Å². The van der Waals surface area contributed by atoms with E-state index in [1.807, 2.05) is 11.3 Å². The molecule has 1 aromatic carbocycles. The second-order valence-electron chi connectivity index (χ2n) is 6.32. The van der Waals surface area contributed by atoms with Crippen LogP contribution in [0.4, 0.5) is 0 Å². The lowest BCUT2D eigenvalue weighted by molar-refractivity contribution is 0.199. The minimum atomic E-state index is 0.264. The van der Waals surface area contributed by atoms with E-state index in [1.165, 1.54) is 34.9 Å². The first-order valence-corrected chi connectivity index (χ1v) is 7.94. The summed E-state index contributed by atoms with van der Waals surface area (Å²) in [7, 11) is 0. The second-order valence-corrected chi connectivity index (χ2v) is 7.23. The molecule has 0 spiro atoms. The Labute approximate surface area is 119 Å². The molecule has 3 heteroatoms. The molecule has 19 heavy (non-hydrogen) atoms. The van der Waals surface area contributed by atoms with E-state index < -0.39 is 0 Å². The maximum atomic E-state index is 5.92. The summed E-state index contributed by atoms with van der Waals surface area (Å²) in [6, 6.07) is 9.02. The van der Waals surface area contributed by atoms with Crippen molar-refractivity contribution in [2.45, 2.75) is 39.2 Å². The normalized spacial score (nSPS) is 23.8. The van der Waals surface area contributed by atoms with Crippen LogP contribution in [0.25, 0.3) is 10.1 Å². The van der Waals surface area contributed by atoms with E-state index in [2.05, 4.69) is 48.9 Å². The number of hydrazine groups is 1. The van der Waals surface area contributed by atoms with Gasteiger partial charge >= 0.3 is 0 Å². The molecule has 3 rings (SSSR count). The lowest BCUT2D eigenvalue weighted by atomic mass is 9.75. The van der Waals surface area contributed by atoms with Crippen LogP contribution < -0.4 is 11.3 Å². The minimum absolute atomic E-state index is 0.264. The Balaban J connectivity index is 2.05. The van der Waals surface area contributed by atoms with Gasteiger partial charge in [-0.05, 0) is 46.6 Å². The van der Waals surface area contributed by atoms with Crippen molar-refractivity contribution in [3.05, 3.63) is 35.2 Å². The first kappa shape index (κ1) is 13.1. The van der Waals surface area contributed by atoms with Crippen LogP contribution in [0, 0.1) is 11.3 Å². The van der Waals surface area contributed by atoms with Gasteiger partial charge in [0.2, 0.25) is 0 Å². The van der Waals surface area contributed by atoms with Gasteiger partial charge in [0, 0.05) is 4.70 Å². The van der Waals surface area contributed by atoms with E-state index in [4.69, 9.17) is 5.84 Å². The number of fused-ring (bicyclic) bond motifs is 1. The third-order valence-electron chi connectivity index (χ3n) is 4.77. The topological polar surface area (TPSA) is 38.0 Å². The highest BCUT2D eigenvalue weighted by Crippen LogP contribution is 2.49.